The van der Waals surface area contributed by atoms with Gasteiger partial charge in [0, 0.05) is 23.8 Å². The van der Waals surface area contributed by atoms with Crippen molar-refractivity contribution in [3.05, 3.63) is 29.6 Å². The minimum Gasteiger partial charge on any atom is -0.389 e. The fraction of sp³-hybridized carbons (Fsp3) is 0.625. The maximum Gasteiger partial charge on any atom is 0.131 e. The molecule has 1 aromatic carbocycles. The second-order valence-electron chi connectivity index (χ2n) is 5.94. The maximum absolute atomic E-state index is 14.0. The minimum atomic E-state index is -0.752. The zero-order chi connectivity index (χ0) is 13.4. The lowest BCUT2D eigenvalue weighted by Gasteiger charge is -2.40. The number of fused-ring (bicyclic) bond motifs is 1. The fourth-order valence-electron chi connectivity index (χ4n) is 3.94. The molecule has 1 aliphatic carbocycles. The van der Waals surface area contributed by atoms with Crippen molar-refractivity contribution in [2.45, 2.75) is 51.2 Å². The third-order valence-electron chi connectivity index (χ3n) is 4.75. The van der Waals surface area contributed by atoms with Crippen LogP contribution >= 0.6 is 0 Å². The molecule has 0 aromatic heterocycles. The molecule has 1 heterocycles. The number of halogens is 1. The Morgan fingerprint density at radius 3 is 2.84 bits per heavy atom. The third kappa shape index (κ3) is 2.25. The molecule has 3 atom stereocenters. The molecule has 0 radical (unpaired) electrons. The lowest BCUT2D eigenvalue weighted by Crippen LogP contribution is -2.43. The maximum atomic E-state index is 14.0. The van der Waals surface area contributed by atoms with Crippen molar-refractivity contribution in [2.24, 2.45) is 5.92 Å². The number of hydrogen-bond acceptors (Lipinski definition) is 2. The van der Waals surface area contributed by atoms with Gasteiger partial charge in [-0.15, -0.1) is 0 Å². The number of hydrogen-bond donors (Lipinski definition) is 1. The van der Waals surface area contributed by atoms with E-state index < -0.39 is 6.10 Å². The summed E-state index contributed by atoms with van der Waals surface area (Å²) in [7, 11) is 0. The van der Waals surface area contributed by atoms with Crippen molar-refractivity contribution in [3.63, 3.8) is 0 Å². The molecule has 0 amide bonds. The summed E-state index contributed by atoms with van der Waals surface area (Å²) in [4.78, 5) is 2.35. The van der Waals surface area contributed by atoms with Crippen LogP contribution in [-0.4, -0.2) is 17.7 Å². The smallest absolute Gasteiger partial charge is 0.131 e. The summed E-state index contributed by atoms with van der Waals surface area (Å²) >= 11 is 0. The lowest BCUT2D eigenvalue weighted by atomic mass is 9.90. The van der Waals surface area contributed by atoms with Crippen LogP contribution in [0.2, 0.25) is 0 Å². The van der Waals surface area contributed by atoms with Gasteiger partial charge in [0.2, 0.25) is 0 Å². The summed E-state index contributed by atoms with van der Waals surface area (Å²) in [5.41, 5.74) is 1.38. The van der Waals surface area contributed by atoms with Crippen molar-refractivity contribution in [3.8, 4) is 0 Å². The Balaban J connectivity index is 1.99. The highest BCUT2D eigenvalue weighted by molar-refractivity contribution is 5.56. The van der Waals surface area contributed by atoms with Gasteiger partial charge in [0.1, 0.15) is 5.82 Å². The van der Waals surface area contributed by atoms with Gasteiger partial charge in [0.15, 0.2) is 0 Å². The van der Waals surface area contributed by atoms with Crippen molar-refractivity contribution in [1.29, 1.82) is 0 Å². The van der Waals surface area contributed by atoms with Crippen LogP contribution in [0.4, 0.5) is 10.1 Å². The van der Waals surface area contributed by atoms with Crippen LogP contribution in [0, 0.1) is 11.7 Å². The van der Waals surface area contributed by atoms with Crippen LogP contribution in [0.1, 0.15) is 50.7 Å². The molecule has 1 saturated carbocycles. The molecule has 104 valence electrons. The number of nitrogens with zero attached hydrogens (tertiary/aromatic N) is 1. The number of benzene rings is 1. The first-order valence-electron chi connectivity index (χ1n) is 7.41. The molecule has 1 aromatic rings. The predicted octanol–water partition coefficient (Wildman–Crippen LogP) is 3.65. The number of rotatable bonds is 2. The average Bonchev–Trinajstić information content (AvgIpc) is 2.85. The Labute approximate surface area is 114 Å². The number of piperidine rings is 1. The average molecular weight is 263 g/mol. The molecule has 2 aliphatic rings. The van der Waals surface area contributed by atoms with E-state index in [0.717, 1.165) is 18.2 Å². The van der Waals surface area contributed by atoms with Crippen LogP contribution < -0.4 is 4.90 Å². The highest BCUT2D eigenvalue weighted by atomic mass is 19.1. The molecule has 0 spiro atoms. The van der Waals surface area contributed by atoms with Crippen LogP contribution in [0.5, 0.6) is 0 Å². The van der Waals surface area contributed by atoms with E-state index in [9.17, 15) is 9.50 Å². The minimum absolute atomic E-state index is 0.285. The summed E-state index contributed by atoms with van der Waals surface area (Å²) in [6, 6.07) is 5.72. The van der Waals surface area contributed by atoms with Crippen LogP contribution in [-0.2, 0) is 0 Å². The molecule has 2 fully saturated rings. The van der Waals surface area contributed by atoms with E-state index in [-0.39, 0.29) is 5.82 Å². The summed E-state index contributed by atoms with van der Waals surface area (Å²) in [5, 5.41) is 9.89. The summed E-state index contributed by atoms with van der Waals surface area (Å²) in [5.74, 6) is 0.478. The zero-order valence-corrected chi connectivity index (χ0v) is 11.5. The van der Waals surface area contributed by atoms with E-state index in [4.69, 9.17) is 0 Å². The van der Waals surface area contributed by atoms with E-state index >= 15 is 0 Å². The van der Waals surface area contributed by atoms with Gasteiger partial charge >= 0.3 is 0 Å². The monoisotopic (exact) mass is 263 g/mol. The van der Waals surface area contributed by atoms with Gasteiger partial charge in [-0.2, -0.15) is 0 Å². The van der Waals surface area contributed by atoms with Gasteiger partial charge < -0.3 is 10.0 Å². The van der Waals surface area contributed by atoms with Gasteiger partial charge in [-0.3, -0.25) is 0 Å². The van der Waals surface area contributed by atoms with Crippen LogP contribution in [0.15, 0.2) is 18.2 Å². The lowest BCUT2D eigenvalue weighted by molar-refractivity contribution is 0.194. The van der Waals surface area contributed by atoms with Crippen molar-refractivity contribution < 1.29 is 9.50 Å². The highest BCUT2D eigenvalue weighted by Crippen LogP contribution is 2.41. The standard InChI is InChI=1S/C16H22FNO/c1-11(19)16-13(17)7-3-9-15(16)18-10-4-6-12-5-2-8-14(12)18/h3,7,9,11-12,14,19H,2,4-6,8,10H2,1H3. The second kappa shape index (κ2) is 5.12. The third-order valence-corrected chi connectivity index (χ3v) is 4.75. The van der Waals surface area contributed by atoms with Gasteiger partial charge in [0.05, 0.1) is 6.10 Å². The van der Waals surface area contributed by atoms with Gasteiger partial charge in [-0.05, 0) is 50.7 Å². The Morgan fingerprint density at radius 1 is 1.26 bits per heavy atom. The number of anilines is 1. The van der Waals surface area contributed by atoms with Gasteiger partial charge in [-0.25, -0.2) is 4.39 Å². The van der Waals surface area contributed by atoms with E-state index in [0.29, 0.717) is 11.6 Å². The molecule has 3 unspecified atom stereocenters. The topological polar surface area (TPSA) is 23.5 Å². The molecular formula is C16H22FNO. The van der Waals surface area contributed by atoms with Gasteiger partial charge in [-0.1, -0.05) is 12.5 Å². The van der Waals surface area contributed by atoms with E-state index in [1.54, 1.807) is 13.0 Å². The molecule has 3 heteroatoms. The molecular weight excluding hydrogens is 241 g/mol. The predicted molar refractivity (Wildman–Crippen MR) is 74.7 cm³/mol. The van der Waals surface area contributed by atoms with Crippen molar-refractivity contribution in [1.82, 2.24) is 0 Å². The first-order valence-corrected chi connectivity index (χ1v) is 7.41. The van der Waals surface area contributed by atoms with E-state index in [1.807, 2.05) is 6.07 Å². The summed E-state index contributed by atoms with van der Waals surface area (Å²) < 4.78 is 14.0. The van der Waals surface area contributed by atoms with E-state index in [2.05, 4.69) is 4.90 Å². The number of aliphatic hydroxyl groups excluding tert-OH is 1. The molecule has 1 aliphatic heterocycles. The molecule has 19 heavy (non-hydrogen) atoms. The van der Waals surface area contributed by atoms with Crippen LogP contribution in [0.25, 0.3) is 0 Å². The zero-order valence-electron chi connectivity index (χ0n) is 11.5. The molecule has 2 nitrogen and oxygen atoms in total. The van der Waals surface area contributed by atoms with Crippen molar-refractivity contribution >= 4 is 5.69 Å². The molecule has 1 saturated heterocycles. The molecule has 3 rings (SSSR count). The van der Waals surface area contributed by atoms with Crippen molar-refractivity contribution in [2.75, 3.05) is 11.4 Å². The normalized spacial score (nSPS) is 28.3. The highest BCUT2D eigenvalue weighted by Gasteiger charge is 2.36. The quantitative estimate of drug-likeness (QED) is 0.880. The Morgan fingerprint density at radius 2 is 2.05 bits per heavy atom. The molecule has 1 N–H and O–H groups in total. The summed E-state index contributed by atoms with van der Waals surface area (Å²) in [6.07, 6.45) is 5.53. The van der Waals surface area contributed by atoms with Gasteiger partial charge in [0.25, 0.3) is 0 Å². The Kier molecular flexibility index (Phi) is 3.48. The Bertz CT molecular complexity index is 460. The largest absolute Gasteiger partial charge is 0.389 e. The molecule has 0 bridgehead atoms. The Hall–Kier alpha value is -1.09. The first kappa shape index (κ1) is 12.9. The summed E-state index contributed by atoms with van der Waals surface area (Å²) in [6.45, 7) is 2.64. The number of aliphatic hydroxyl groups is 1. The van der Waals surface area contributed by atoms with Crippen LogP contribution in [0.3, 0.4) is 0 Å². The SMILES string of the molecule is CC(O)c1c(F)cccc1N1CCCC2CCCC21. The first-order chi connectivity index (χ1) is 9.18. The second-order valence-corrected chi connectivity index (χ2v) is 5.94. The fourth-order valence-corrected chi connectivity index (χ4v) is 3.94. The van der Waals surface area contributed by atoms with E-state index in [1.165, 1.54) is 38.2 Å².